The van der Waals surface area contributed by atoms with E-state index in [9.17, 15) is 9.90 Å². The van der Waals surface area contributed by atoms with Crippen molar-refractivity contribution in [2.45, 2.75) is 83.9 Å². The van der Waals surface area contributed by atoms with Crippen LogP contribution in [0, 0.1) is 6.92 Å². The number of hydrogen-bond donors (Lipinski definition) is 1. The van der Waals surface area contributed by atoms with Gasteiger partial charge < -0.3 is 23.9 Å². The van der Waals surface area contributed by atoms with Gasteiger partial charge in [-0.25, -0.2) is 4.98 Å². The number of aryl methyl sites for hydroxylation is 1. The molecule has 7 heteroatoms. The van der Waals surface area contributed by atoms with Crippen LogP contribution in [0.3, 0.4) is 0 Å². The van der Waals surface area contributed by atoms with Crippen molar-refractivity contribution < 1.29 is 24.1 Å². The summed E-state index contributed by atoms with van der Waals surface area (Å²) in [5.41, 5.74) is 1.57. The van der Waals surface area contributed by atoms with E-state index in [0.29, 0.717) is 25.7 Å². The van der Waals surface area contributed by atoms with Crippen LogP contribution < -0.4 is 0 Å². The smallest absolute Gasteiger partial charge is 0.305 e. The number of aliphatic hydroxyl groups excluding tert-OH is 1. The first-order valence-corrected chi connectivity index (χ1v) is 10.0. The zero-order chi connectivity index (χ0) is 20.9. The third kappa shape index (κ3) is 5.65. The highest BCUT2D eigenvalue weighted by Crippen LogP contribution is 2.32. The van der Waals surface area contributed by atoms with Crippen LogP contribution in [-0.2, 0) is 26.1 Å². The Morgan fingerprint density at radius 2 is 2.14 bits per heavy atom. The second kappa shape index (κ2) is 9.67. The van der Waals surface area contributed by atoms with Gasteiger partial charge >= 0.3 is 5.97 Å². The molecule has 1 aromatic heterocycles. The van der Waals surface area contributed by atoms with Gasteiger partial charge in [0.1, 0.15) is 11.9 Å². The SMILES string of the molecule is CCC[C@H](O)c1c(/C=C/[C@H]2OC(C)(C)O[C@H]2CCCC(=O)OC)nc(C)n1C. The number of rotatable bonds is 9. The molecule has 0 amide bonds. The summed E-state index contributed by atoms with van der Waals surface area (Å²) < 4.78 is 18.7. The van der Waals surface area contributed by atoms with E-state index in [0.717, 1.165) is 23.6 Å². The molecule has 158 valence electrons. The van der Waals surface area contributed by atoms with Crippen molar-refractivity contribution in [3.8, 4) is 0 Å². The van der Waals surface area contributed by atoms with Gasteiger partial charge in [-0.15, -0.1) is 0 Å². The van der Waals surface area contributed by atoms with E-state index in [1.807, 2.05) is 51.5 Å². The summed E-state index contributed by atoms with van der Waals surface area (Å²) in [5, 5.41) is 10.5. The monoisotopic (exact) mass is 394 g/mol. The van der Waals surface area contributed by atoms with Gasteiger partial charge in [-0.1, -0.05) is 19.4 Å². The lowest BCUT2D eigenvalue weighted by Gasteiger charge is -2.16. The van der Waals surface area contributed by atoms with E-state index in [-0.39, 0.29) is 18.2 Å². The lowest BCUT2D eigenvalue weighted by Crippen LogP contribution is -2.21. The molecule has 0 saturated carbocycles. The Morgan fingerprint density at radius 3 is 2.79 bits per heavy atom. The fourth-order valence-corrected chi connectivity index (χ4v) is 3.56. The highest BCUT2D eigenvalue weighted by molar-refractivity contribution is 5.69. The Kier molecular flexibility index (Phi) is 7.80. The zero-order valence-electron chi connectivity index (χ0n) is 17.9. The van der Waals surface area contributed by atoms with Crippen molar-refractivity contribution in [2.24, 2.45) is 7.05 Å². The van der Waals surface area contributed by atoms with Crippen molar-refractivity contribution in [2.75, 3.05) is 7.11 Å². The number of aromatic nitrogens is 2. The van der Waals surface area contributed by atoms with Crippen LogP contribution in [0.25, 0.3) is 6.08 Å². The predicted molar refractivity (Wildman–Crippen MR) is 107 cm³/mol. The van der Waals surface area contributed by atoms with Crippen molar-refractivity contribution in [3.05, 3.63) is 23.3 Å². The summed E-state index contributed by atoms with van der Waals surface area (Å²) in [7, 11) is 3.31. The van der Waals surface area contributed by atoms with Crippen molar-refractivity contribution >= 4 is 12.0 Å². The molecule has 1 aliphatic rings. The van der Waals surface area contributed by atoms with Crippen LogP contribution in [0.4, 0.5) is 0 Å². The molecule has 1 fully saturated rings. The maximum absolute atomic E-state index is 11.4. The highest BCUT2D eigenvalue weighted by atomic mass is 16.7. The van der Waals surface area contributed by atoms with E-state index >= 15 is 0 Å². The lowest BCUT2D eigenvalue weighted by atomic mass is 10.0. The van der Waals surface area contributed by atoms with E-state index in [1.54, 1.807) is 0 Å². The summed E-state index contributed by atoms with van der Waals surface area (Å²) in [5.74, 6) is -0.0534. The molecule has 1 aliphatic heterocycles. The second-order valence-corrected chi connectivity index (χ2v) is 7.76. The molecule has 2 heterocycles. The van der Waals surface area contributed by atoms with Crippen molar-refractivity contribution in [3.63, 3.8) is 0 Å². The third-order valence-electron chi connectivity index (χ3n) is 5.03. The fourth-order valence-electron chi connectivity index (χ4n) is 3.56. The Balaban J connectivity index is 2.14. The molecular weight excluding hydrogens is 360 g/mol. The first kappa shape index (κ1) is 22.6. The van der Waals surface area contributed by atoms with Gasteiger partial charge in [-0.2, -0.15) is 0 Å². The van der Waals surface area contributed by atoms with Crippen molar-refractivity contribution in [1.82, 2.24) is 9.55 Å². The Bertz CT molecular complexity index is 695. The van der Waals surface area contributed by atoms with Gasteiger partial charge in [0.05, 0.1) is 30.7 Å². The van der Waals surface area contributed by atoms with E-state index in [1.165, 1.54) is 7.11 Å². The van der Waals surface area contributed by atoms with E-state index in [2.05, 4.69) is 4.98 Å². The predicted octanol–water partition coefficient (Wildman–Crippen LogP) is 3.44. The minimum Gasteiger partial charge on any atom is -0.469 e. The van der Waals surface area contributed by atoms with Crippen LogP contribution in [-0.4, -0.2) is 45.7 Å². The van der Waals surface area contributed by atoms with Gasteiger partial charge in [0.15, 0.2) is 5.79 Å². The lowest BCUT2D eigenvalue weighted by molar-refractivity contribution is -0.144. The average Bonchev–Trinajstić information content (AvgIpc) is 3.08. The molecule has 0 aliphatic carbocycles. The van der Waals surface area contributed by atoms with Crippen molar-refractivity contribution in [1.29, 1.82) is 0 Å². The number of carbonyl (C=O) groups excluding carboxylic acids is 1. The maximum atomic E-state index is 11.4. The average molecular weight is 395 g/mol. The zero-order valence-corrected chi connectivity index (χ0v) is 17.9. The van der Waals surface area contributed by atoms with E-state index < -0.39 is 11.9 Å². The molecule has 2 rings (SSSR count). The first-order chi connectivity index (χ1) is 13.2. The number of ether oxygens (including phenoxy) is 3. The number of aliphatic hydroxyl groups is 1. The van der Waals surface area contributed by atoms with Gasteiger partial charge in [0.2, 0.25) is 0 Å². The fraction of sp³-hybridized carbons (Fsp3) is 0.714. The standard InChI is InChI=1S/C21H34N2O5/c1-7-9-16(24)20-15(22-14(2)23(20)5)12-13-18-17(27-21(3,4)28-18)10-8-11-19(25)26-6/h12-13,16-18,24H,7-11H2,1-6H3/b13-12+/t16-,17-,18+/m0/s1. The molecule has 0 spiro atoms. The van der Waals surface area contributed by atoms with Crippen LogP contribution in [0.5, 0.6) is 0 Å². The molecule has 0 aromatic carbocycles. The maximum Gasteiger partial charge on any atom is 0.305 e. The van der Waals surface area contributed by atoms with Gasteiger partial charge in [0, 0.05) is 13.5 Å². The molecule has 7 nitrogen and oxygen atoms in total. The molecule has 1 N–H and O–H groups in total. The minimum atomic E-state index is -0.685. The number of nitrogens with zero attached hydrogens (tertiary/aromatic N) is 2. The van der Waals surface area contributed by atoms with Crippen LogP contribution in [0.2, 0.25) is 0 Å². The highest BCUT2D eigenvalue weighted by Gasteiger charge is 2.39. The molecule has 1 saturated heterocycles. The summed E-state index contributed by atoms with van der Waals surface area (Å²) in [6.45, 7) is 7.74. The van der Waals surface area contributed by atoms with Gasteiger partial charge in [0.25, 0.3) is 0 Å². The van der Waals surface area contributed by atoms with Gasteiger partial charge in [-0.05, 0) is 46.1 Å². The van der Waals surface area contributed by atoms with Crippen LogP contribution in [0.1, 0.15) is 76.2 Å². The molecule has 0 radical (unpaired) electrons. The van der Waals surface area contributed by atoms with Crippen LogP contribution >= 0.6 is 0 Å². The Morgan fingerprint density at radius 1 is 1.43 bits per heavy atom. The number of carbonyl (C=O) groups is 1. The van der Waals surface area contributed by atoms with Gasteiger partial charge in [-0.3, -0.25) is 4.79 Å². The summed E-state index contributed by atoms with van der Waals surface area (Å²) in [6, 6.07) is 0. The number of methoxy groups -OCH3 is 1. The molecule has 0 unspecified atom stereocenters. The molecule has 1 aromatic rings. The molecule has 3 atom stereocenters. The largest absolute Gasteiger partial charge is 0.469 e. The minimum absolute atomic E-state index is 0.148. The Hall–Kier alpha value is -1.70. The number of esters is 1. The normalized spacial score (nSPS) is 22.7. The third-order valence-corrected chi connectivity index (χ3v) is 5.03. The number of imidazole rings is 1. The topological polar surface area (TPSA) is 82.8 Å². The van der Waals surface area contributed by atoms with Crippen LogP contribution in [0.15, 0.2) is 6.08 Å². The number of hydrogen-bond acceptors (Lipinski definition) is 6. The molecule has 0 bridgehead atoms. The van der Waals surface area contributed by atoms with E-state index in [4.69, 9.17) is 14.2 Å². The second-order valence-electron chi connectivity index (χ2n) is 7.76. The summed E-state index contributed by atoms with van der Waals surface area (Å²) >= 11 is 0. The Labute approximate surface area is 167 Å². The molecular formula is C21H34N2O5. The summed E-state index contributed by atoms with van der Waals surface area (Å²) in [4.78, 5) is 15.9. The molecule has 28 heavy (non-hydrogen) atoms. The summed E-state index contributed by atoms with van der Waals surface area (Å²) in [6.07, 6.45) is 6.21. The quantitative estimate of drug-likeness (QED) is 0.646. The first-order valence-electron chi connectivity index (χ1n) is 10.0.